The van der Waals surface area contributed by atoms with Crippen LogP contribution in [0.15, 0.2) is 120 Å². The quantitative estimate of drug-likeness (QED) is 0.181. The molecule has 0 aliphatic carbocycles. The molecule has 6 nitrogen and oxygen atoms in total. The summed E-state index contributed by atoms with van der Waals surface area (Å²) in [4.78, 5) is 18.9. The molecule has 1 N–H and O–H groups in total. The van der Waals surface area contributed by atoms with E-state index in [1.807, 2.05) is 91.9 Å². The summed E-state index contributed by atoms with van der Waals surface area (Å²) in [7, 11) is 0. The fourth-order valence-corrected chi connectivity index (χ4v) is 5.66. The first kappa shape index (κ1) is 28.2. The lowest BCUT2D eigenvalue weighted by atomic mass is 10.0. The van der Waals surface area contributed by atoms with Crippen LogP contribution in [0.1, 0.15) is 47.0 Å². The Hall–Kier alpha value is -4.94. The van der Waals surface area contributed by atoms with Gasteiger partial charge in [0.15, 0.2) is 0 Å². The summed E-state index contributed by atoms with van der Waals surface area (Å²) in [5.74, 6) is 2.23. The minimum atomic E-state index is -0.773. The number of rotatable bonds is 10. The largest absolute Gasteiger partial charge is 0.480 e. The number of nitrogens with zero attached hydrogens (tertiary/aromatic N) is 2. The Bertz CT molecular complexity index is 1680. The lowest BCUT2D eigenvalue weighted by molar-refractivity contribution is -0.142. The second kappa shape index (κ2) is 12.9. The number of hydrogen-bond acceptors (Lipinski definition) is 5. The molecule has 43 heavy (non-hydrogen) atoms. The highest BCUT2D eigenvalue weighted by atomic mass is 16.5. The van der Waals surface area contributed by atoms with Crippen molar-refractivity contribution in [3.63, 3.8) is 0 Å². The molecule has 0 bridgehead atoms. The Kier molecular flexibility index (Phi) is 8.47. The number of aryl methyl sites for hydroxylation is 1. The van der Waals surface area contributed by atoms with Crippen LogP contribution in [0, 0.1) is 6.92 Å². The van der Waals surface area contributed by atoms with E-state index in [1.165, 1.54) is 0 Å². The molecule has 1 aliphatic rings. The van der Waals surface area contributed by atoms with Gasteiger partial charge in [-0.25, -0.2) is 4.98 Å². The van der Waals surface area contributed by atoms with Gasteiger partial charge in [0.25, 0.3) is 0 Å². The number of carboxylic acids is 1. The number of para-hydroxylation sites is 1. The van der Waals surface area contributed by atoms with Gasteiger partial charge in [0, 0.05) is 24.6 Å². The lowest BCUT2D eigenvalue weighted by Gasteiger charge is -2.28. The van der Waals surface area contributed by atoms with E-state index in [0.29, 0.717) is 25.3 Å². The van der Waals surface area contributed by atoms with Crippen LogP contribution in [0.3, 0.4) is 0 Å². The number of ether oxygens (including phenoxy) is 1. The van der Waals surface area contributed by atoms with Crippen molar-refractivity contribution in [2.24, 2.45) is 0 Å². The van der Waals surface area contributed by atoms with Crippen LogP contribution in [0.5, 0.6) is 11.5 Å². The number of carbonyl (C=O) groups is 1. The molecular formula is C37H34N2O4. The number of oxazole rings is 1. The highest BCUT2D eigenvalue weighted by molar-refractivity contribution is 5.74. The van der Waals surface area contributed by atoms with Gasteiger partial charge in [-0.05, 0) is 72.9 Å². The van der Waals surface area contributed by atoms with E-state index in [9.17, 15) is 9.90 Å². The second-order valence-electron chi connectivity index (χ2n) is 10.8. The summed E-state index contributed by atoms with van der Waals surface area (Å²) in [6.45, 7) is 2.50. The van der Waals surface area contributed by atoms with Crippen LogP contribution in [-0.4, -0.2) is 27.0 Å². The van der Waals surface area contributed by atoms with Gasteiger partial charge >= 0.3 is 5.97 Å². The number of hydrogen-bond donors (Lipinski definition) is 1. The molecule has 0 saturated carbocycles. The van der Waals surface area contributed by atoms with Gasteiger partial charge in [-0.2, -0.15) is 0 Å². The monoisotopic (exact) mass is 570 g/mol. The summed E-state index contributed by atoms with van der Waals surface area (Å²) in [6.07, 6.45) is 6.29. The molecule has 6 rings (SSSR count). The maximum absolute atomic E-state index is 12.1. The van der Waals surface area contributed by atoms with Crippen molar-refractivity contribution < 1.29 is 19.1 Å². The van der Waals surface area contributed by atoms with E-state index < -0.39 is 12.0 Å². The minimum absolute atomic E-state index is 0.0357. The Morgan fingerprint density at radius 1 is 0.907 bits per heavy atom. The molecule has 0 spiro atoms. The maximum Gasteiger partial charge on any atom is 0.320 e. The zero-order valence-corrected chi connectivity index (χ0v) is 24.1. The molecule has 6 heteroatoms. The minimum Gasteiger partial charge on any atom is -0.480 e. The average molecular weight is 571 g/mol. The molecule has 1 aliphatic heterocycles. The zero-order chi connectivity index (χ0) is 29.6. The summed E-state index contributed by atoms with van der Waals surface area (Å²) in [6, 6.07) is 35.4. The predicted octanol–water partition coefficient (Wildman–Crippen LogP) is 8.49. The molecule has 1 saturated heterocycles. The zero-order valence-electron chi connectivity index (χ0n) is 24.1. The number of allylic oxidation sites excluding steroid dienone is 1. The van der Waals surface area contributed by atoms with Crippen LogP contribution in [0.2, 0.25) is 0 Å². The van der Waals surface area contributed by atoms with Crippen molar-refractivity contribution in [1.29, 1.82) is 0 Å². The number of aromatic nitrogens is 1. The van der Waals surface area contributed by atoms with Crippen LogP contribution in [0.25, 0.3) is 17.5 Å². The Balaban J connectivity index is 1.11. The van der Waals surface area contributed by atoms with Gasteiger partial charge in [-0.1, -0.05) is 84.9 Å². The number of benzene rings is 4. The summed E-state index contributed by atoms with van der Waals surface area (Å²) >= 11 is 0. The SMILES string of the molecule is Cc1oc(-c2ccccc2)nc1C/C=C\c1ccc([C@@H]2CC[C@@H](C(=O)O)N2Cc2ccc(Oc3ccccc3)cc2)cc1. The smallest absolute Gasteiger partial charge is 0.320 e. The fraction of sp³-hybridized carbons (Fsp3) is 0.189. The van der Waals surface area contributed by atoms with Crippen LogP contribution < -0.4 is 4.74 Å². The molecule has 0 radical (unpaired) electrons. The lowest BCUT2D eigenvalue weighted by Crippen LogP contribution is -2.36. The van der Waals surface area contributed by atoms with E-state index in [2.05, 4.69) is 46.3 Å². The van der Waals surface area contributed by atoms with E-state index >= 15 is 0 Å². The van der Waals surface area contributed by atoms with Crippen molar-refractivity contribution in [2.45, 2.75) is 44.8 Å². The van der Waals surface area contributed by atoms with Crippen LogP contribution in [-0.2, 0) is 17.8 Å². The normalized spacial score (nSPS) is 17.0. The Morgan fingerprint density at radius 3 is 2.28 bits per heavy atom. The van der Waals surface area contributed by atoms with Gasteiger partial charge in [0.05, 0.1) is 5.69 Å². The first-order chi connectivity index (χ1) is 21.0. The highest BCUT2D eigenvalue weighted by Crippen LogP contribution is 2.38. The van der Waals surface area contributed by atoms with Gasteiger partial charge in [-0.3, -0.25) is 9.69 Å². The first-order valence-electron chi connectivity index (χ1n) is 14.6. The fourth-order valence-electron chi connectivity index (χ4n) is 5.66. The maximum atomic E-state index is 12.1. The number of aliphatic carboxylic acids is 1. The first-order valence-corrected chi connectivity index (χ1v) is 14.6. The van der Waals surface area contributed by atoms with Crippen molar-refractivity contribution in [3.8, 4) is 23.0 Å². The molecule has 4 aromatic carbocycles. The third-order valence-corrected chi connectivity index (χ3v) is 7.92. The van der Waals surface area contributed by atoms with E-state index in [4.69, 9.17) is 9.15 Å². The predicted molar refractivity (Wildman–Crippen MR) is 168 cm³/mol. The molecular weight excluding hydrogens is 536 g/mol. The molecule has 216 valence electrons. The van der Waals surface area contributed by atoms with Gasteiger partial charge in [0.2, 0.25) is 5.89 Å². The standard InChI is InChI=1S/C37H34N2O4/c1-26-33(38-36(42-26)30-10-4-2-5-11-30)14-8-9-27-15-19-29(20-16-27)34-23-24-35(37(40)41)39(34)25-28-17-21-32(22-18-28)43-31-12-6-3-7-13-31/h2-13,15-22,34-35H,14,23-25H2,1H3,(H,40,41)/b9-8-/t34-,35-/m0/s1. The summed E-state index contributed by atoms with van der Waals surface area (Å²) in [5.41, 5.74) is 5.16. The number of likely N-dealkylation sites (tertiary alicyclic amines) is 1. The van der Waals surface area contributed by atoms with Crippen LogP contribution >= 0.6 is 0 Å². The van der Waals surface area contributed by atoms with E-state index in [-0.39, 0.29) is 6.04 Å². The highest BCUT2D eigenvalue weighted by Gasteiger charge is 2.38. The van der Waals surface area contributed by atoms with Crippen LogP contribution in [0.4, 0.5) is 0 Å². The molecule has 2 atom stereocenters. The molecule has 1 fully saturated rings. The average Bonchev–Trinajstić information content (AvgIpc) is 3.63. The van der Waals surface area contributed by atoms with Gasteiger partial charge in [0.1, 0.15) is 23.3 Å². The van der Waals surface area contributed by atoms with Crippen molar-refractivity contribution in [3.05, 3.63) is 143 Å². The van der Waals surface area contributed by atoms with E-state index in [1.54, 1.807) is 0 Å². The van der Waals surface area contributed by atoms with Crippen molar-refractivity contribution >= 4 is 12.0 Å². The summed E-state index contributed by atoms with van der Waals surface area (Å²) in [5, 5.41) is 9.97. The molecule has 5 aromatic rings. The van der Waals surface area contributed by atoms with Gasteiger partial charge < -0.3 is 14.3 Å². The molecule has 0 amide bonds. The molecule has 2 heterocycles. The molecule has 1 aromatic heterocycles. The third kappa shape index (κ3) is 6.76. The topological polar surface area (TPSA) is 75.8 Å². The Labute approximate surface area is 251 Å². The van der Waals surface area contributed by atoms with Gasteiger partial charge in [-0.15, -0.1) is 0 Å². The van der Waals surface area contributed by atoms with Crippen molar-refractivity contribution in [2.75, 3.05) is 0 Å². The number of carboxylic acid groups (broad SMARTS) is 1. The molecule has 0 unspecified atom stereocenters. The van der Waals surface area contributed by atoms with Crippen molar-refractivity contribution in [1.82, 2.24) is 9.88 Å². The second-order valence-corrected chi connectivity index (χ2v) is 10.8. The van der Waals surface area contributed by atoms with E-state index in [0.717, 1.165) is 51.6 Å². The Morgan fingerprint density at radius 2 is 1.58 bits per heavy atom. The third-order valence-electron chi connectivity index (χ3n) is 7.92. The summed E-state index contributed by atoms with van der Waals surface area (Å²) < 4.78 is 11.8.